The fourth-order valence-corrected chi connectivity index (χ4v) is 5.31. The number of hydrogen-bond donors (Lipinski definition) is 1. The first-order valence-corrected chi connectivity index (χ1v) is 11.3. The summed E-state index contributed by atoms with van der Waals surface area (Å²) < 4.78 is 33.3. The molecule has 0 atom stereocenters. The van der Waals surface area contributed by atoms with Gasteiger partial charge in [0.15, 0.2) is 5.76 Å². The van der Waals surface area contributed by atoms with Gasteiger partial charge in [0, 0.05) is 29.7 Å². The molecule has 4 rings (SSSR count). The molecule has 1 saturated heterocycles. The molecular weight excluding hydrogens is 388 g/mol. The highest BCUT2D eigenvalue weighted by molar-refractivity contribution is 7.89. The van der Waals surface area contributed by atoms with E-state index in [4.69, 9.17) is 4.42 Å². The van der Waals surface area contributed by atoms with Gasteiger partial charge in [0.05, 0.1) is 4.90 Å². The number of aryl methyl sites for hydroxylation is 1. The lowest BCUT2D eigenvalue weighted by Gasteiger charge is -2.20. The van der Waals surface area contributed by atoms with E-state index in [9.17, 15) is 13.2 Å². The van der Waals surface area contributed by atoms with E-state index in [2.05, 4.69) is 5.32 Å². The molecule has 2 heterocycles. The lowest BCUT2D eigenvalue weighted by molar-refractivity contribution is 0.0998. The van der Waals surface area contributed by atoms with Gasteiger partial charge in [-0.3, -0.25) is 4.79 Å². The minimum atomic E-state index is -3.58. The average molecular weight is 413 g/mol. The predicted octanol–water partition coefficient (Wildman–Crippen LogP) is 4.56. The highest BCUT2D eigenvalue weighted by Gasteiger charge is 2.25. The van der Waals surface area contributed by atoms with Gasteiger partial charge in [-0.1, -0.05) is 37.1 Å². The molecule has 0 spiro atoms. The molecule has 1 fully saturated rings. The van der Waals surface area contributed by atoms with Gasteiger partial charge in [0.2, 0.25) is 10.0 Å². The summed E-state index contributed by atoms with van der Waals surface area (Å²) in [7, 11) is -3.58. The molecule has 0 aliphatic carbocycles. The van der Waals surface area contributed by atoms with Crippen molar-refractivity contribution in [2.24, 2.45) is 0 Å². The highest BCUT2D eigenvalue weighted by atomic mass is 32.2. The van der Waals surface area contributed by atoms with Crippen LogP contribution in [0.1, 0.15) is 41.8 Å². The van der Waals surface area contributed by atoms with Gasteiger partial charge in [-0.05, 0) is 44.0 Å². The number of para-hydroxylation sites is 1. The van der Waals surface area contributed by atoms with Gasteiger partial charge in [0.1, 0.15) is 5.58 Å². The SMILES string of the molecule is Cc1c(C(=O)Nc2cccc(S(=O)(=O)N3CCCCCC3)c2)oc2ccccc12. The Morgan fingerprint density at radius 3 is 2.45 bits per heavy atom. The van der Waals surface area contributed by atoms with E-state index in [0.717, 1.165) is 36.6 Å². The second-order valence-electron chi connectivity index (χ2n) is 7.35. The van der Waals surface area contributed by atoms with Crippen LogP contribution in [0.5, 0.6) is 0 Å². The van der Waals surface area contributed by atoms with E-state index < -0.39 is 15.9 Å². The highest BCUT2D eigenvalue weighted by Crippen LogP contribution is 2.27. The number of rotatable bonds is 4. The monoisotopic (exact) mass is 412 g/mol. The van der Waals surface area contributed by atoms with Crippen LogP contribution in [0, 0.1) is 6.92 Å². The second-order valence-corrected chi connectivity index (χ2v) is 9.29. The van der Waals surface area contributed by atoms with E-state index in [0.29, 0.717) is 24.4 Å². The summed E-state index contributed by atoms with van der Waals surface area (Å²) in [5, 5.41) is 3.66. The van der Waals surface area contributed by atoms with Crippen LogP contribution in [0.3, 0.4) is 0 Å². The zero-order valence-electron chi connectivity index (χ0n) is 16.3. The largest absolute Gasteiger partial charge is 0.451 e. The Balaban J connectivity index is 1.58. The molecule has 7 heteroatoms. The van der Waals surface area contributed by atoms with Crippen LogP contribution < -0.4 is 5.32 Å². The topological polar surface area (TPSA) is 79.6 Å². The van der Waals surface area contributed by atoms with Crippen molar-refractivity contribution in [3.63, 3.8) is 0 Å². The van der Waals surface area contributed by atoms with Gasteiger partial charge in [-0.15, -0.1) is 0 Å². The number of nitrogens with zero attached hydrogens (tertiary/aromatic N) is 1. The molecule has 2 aromatic carbocycles. The second kappa shape index (κ2) is 8.00. The van der Waals surface area contributed by atoms with Crippen LogP contribution in [0.2, 0.25) is 0 Å². The first-order valence-electron chi connectivity index (χ1n) is 9.86. The third kappa shape index (κ3) is 3.93. The Kier molecular flexibility index (Phi) is 5.43. The molecule has 1 aliphatic rings. The first-order chi connectivity index (χ1) is 14.0. The number of sulfonamides is 1. The molecule has 152 valence electrons. The summed E-state index contributed by atoms with van der Waals surface area (Å²) in [4.78, 5) is 12.9. The first kappa shape index (κ1) is 19.7. The van der Waals surface area contributed by atoms with Crippen LogP contribution in [0.4, 0.5) is 5.69 Å². The van der Waals surface area contributed by atoms with Crippen molar-refractivity contribution < 1.29 is 17.6 Å². The third-order valence-corrected chi connectivity index (χ3v) is 7.24. The minimum absolute atomic E-state index is 0.193. The number of fused-ring (bicyclic) bond motifs is 1. The molecule has 0 radical (unpaired) electrons. The number of furan rings is 1. The number of carbonyl (C=O) groups is 1. The lowest BCUT2D eigenvalue weighted by atomic mass is 10.1. The minimum Gasteiger partial charge on any atom is -0.451 e. The number of amides is 1. The molecule has 1 N–H and O–H groups in total. The summed E-state index contributed by atoms with van der Waals surface area (Å²) in [6.07, 6.45) is 3.86. The zero-order chi connectivity index (χ0) is 20.4. The van der Waals surface area contributed by atoms with Crippen molar-refractivity contribution in [3.8, 4) is 0 Å². The Labute approximate surface area is 170 Å². The normalized spacial score (nSPS) is 15.9. The van der Waals surface area contributed by atoms with Crippen LogP contribution in [0.25, 0.3) is 11.0 Å². The van der Waals surface area contributed by atoms with Gasteiger partial charge in [0.25, 0.3) is 5.91 Å². The van der Waals surface area contributed by atoms with Crippen molar-refractivity contribution in [3.05, 3.63) is 59.9 Å². The Morgan fingerprint density at radius 2 is 1.72 bits per heavy atom. The van der Waals surface area contributed by atoms with E-state index in [-0.39, 0.29) is 10.7 Å². The maximum absolute atomic E-state index is 13.0. The summed E-state index contributed by atoms with van der Waals surface area (Å²) in [5.41, 5.74) is 1.82. The Bertz CT molecular complexity index is 1140. The number of carbonyl (C=O) groups excluding carboxylic acids is 1. The van der Waals surface area contributed by atoms with Crippen molar-refractivity contribution in [2.45, 2.75) is 37.5 Å². The van der Waals surface area contributed by atoms with E-state index in [1.807, 2.05) is 31.2 Å². The van der Waals surface area contributed by atoms with Crippen molar-refractivity contribution >= 4 is 32.6 Å². The van der Waals surface area contributed by atoms with Crippen molar-refractivity contribution in [2.75, 3.05) is 18.4 Å². The van der Waals surface area contributed by atoms with Gasteiger partial charge in [-0.25, -0.2) is 8.42 Å². The third-order valence-electron chi connectivity index (χ3n) is 5.34. The molecule has 3 aromatic rings. The van der Waals surface area contributed by atoms with Crippen LogP contribution >= 0.6 is 0 Å². The molecule has 29 heavy (non-hydrogen) atoms. The summed E-state index contributed by atoms with van der Waals surface area (Å²) >= 11 is 0. The molecule has 1 amide bonds. The number of benzene rings is 2. The zero-order valence-corrected chi connectivity index (χ0v) is 17.2. The smallest absolute Gasteiger partial charge is 0.291 e. The van der Waals surface area contributed by atoms with Crippen LogP contribution in [-0.4, -0.2) is 31.7 Å². The summed E-state index contributed by atoms with van der Waals surface area (Å²) in [5.74, 6) is -0.171. The van der Waals surface area contributed by atoms with Crippen LogP contribution in [0.15, 0.2) is 57.8 Å². The quantitative estimate of drug-likeness (QED) is 0.681. The number of nitrogens with one attached hydrogen (secondary N) is 1. The fourth-order valence-electron chi connectivity index (χ4n) is 3.74. The Morgan fingerprint density at radius 1 is 1.00 bits per heavy atom. The fraction of sp³-hybridized carbons (Fsp3) is 0.318. The molecule has 1 aromatic heterocycles. The molecule has 6 nitrogen and oxygen atoms in total. The van der Waals surface area contributed by atoms with Crippen LogP contribution in [-0.2, 0) is 10.0 Å². The standard InChI is InChI=1S/C22H24N2O4S/c1-16-19-11-4-5-12-20(19)28-21(16)22(25)23-17-9-8-10-18(15-17)29(26,27)24-13-6-2-3-7-14-24/h4-5,8-12,15H,2-3,6-7,13-14H2,1H3,(H,23,25). The van der Waals surface area contributed by atoms with Gasteiger partial charge >= 0.3 is 0 Å². The number of anilines is 1. The maximum Gasteiger partial charge on any atom is 0.291 e. The number of hydrogen-bond acceptors (Lipinski definition) is 4. The maximum atomic E-state index is 13.0. The molecule has 0 bridgehead atoms. The summed E-state index contributed by atoms with van der Waals surface area (Å²) in [6, 6.07) is 13.9. The van der Waals surface area contributed by atoms with Gasteiger partial charge < -0.3 is 9.73 Å². The molecule has 1 aliphatic heterocycles. The van der Waals surface area contributed by atoms with Gasteiger partial charge in [-0.2, -0.15) is 4.31 Å². The molecule has 0 unspecified atom stereocenters. The van der Waals surface area contributed by atoms with E-state index in [1.165, 1.54) is 6.07 Å². The average Bonchev–Trinajstić information content (AvgIpc) is 2.88. The van der Waals surface area contributed by atoms with E-state index in [1.54, 1.807) is 22.5 Å². The summed E-state index contributed by atoms with van der Waals surface area (Å²) in [6.45, 7) is 2.91. The van der Waals surface area contributed by atoms with E-state index >= 15 is 0 Å². The lowest BCUT2D eigenvalue weighted by Crippen LogP contribution is -2.32. The molecular formula is C22H24N2O4S. The van der Waals surface area contributed by atoms with Crippen molar-refractivity contribution in [1.82, 2.24) is 4.31 Å². The predicted molar refractivity (Wildman–Crippen MR) is 113 cm³/mol. The molecule has 0 saturated carbocycles. The Hall–Kier alpha value is -2.64. The van der Waals surface area contributed by atoms with Crippen molar-refractivity contribution in [1.29, 1.82) is 0 Å².